The van der Waals surface area contributed by atoms with Gasteiger partial charge in [0.2, 0.25) is 5.95 Å². The van der Waals surface area contributed by atoms with Gasteiger partial charge in [-0.15, -0.1) is 0 Å². The van der Waals surface area contributed by atoms with Gasteiger partial charge in [-0.05, 0) is 25.1 Å². The highest BCUT2D eigenvalue weighted by Crippen LogP contribution is 2.24. The van der Waals surface area contributed by atoms with Crippen LogP contribution < -0.4 is 5.32 Å². The van der Waals surface area contributed by atoms with Crippen LogP contribution in [0, 0.1) is 6.92 Å². The molecule has 0 atom stereocenters. The van der Waals surface area contributed by atoms with Gasteiger partial charge >= 0.3 is 0 Å². The Balaban J connectivity index is 2.25. The lowest BCUT2D eigenvalue weighted by molar-refractivity contribution is 0.278. The van der Waals surface area contributed by atoms with Crippen molar-refractivity contribution in [3.05, 3.63) is 47.8 Å². The van der Waals surface area contributed by atoms with Gasteiger partial charge in [0.25, 0.3) is 10.0 Å². The van der Waals surface area contributed by atoms with Crippen LogP contribution in [-0.2, 0) is 16.6 Å². The third-order valence-electron chi connectivity index (χ3n) is 3.54. The first-order chi connectivity index (χ1) is 11.0. The molecule has 0 saturated carbocycles. The van der Waals surface area contributed by atoms with E-state index >= 15 is 0 Å². The number of hydrogen-bond acceptors (Lipinski definition) is 6. The van der Waals surface area contributed by atoms with Gasteiger partial charge in [-0.25, -0.2) is 17.4 Å². The van der Waals surface area contributed by atoms with E-state index in [0.29, 0.717) is 11.1 Å². The smallest absolute Gasteiger partial charge is 0.269 e. The number of hydrogen-bond donors (Lipinski definition) is 2. The average Bonchev–Trinajstić information content (AvgIpc) is 2.98. The van der Waals surface area contributed by atoms with Crippen molar-refractivity contribution in [2.45, 2.75) is 18.4 Å². The third kappa shape index (κ3) is 2.55. The van der Waals surface area contributed by atoms with Crippen molar-refractivity contribution >= 4 is 27.0 Å². The van der Waals surface area contributed by atoms with Crippen LogP contribution >= 0.6 is 0 Å². The molecular weight excluding hydrogens is 316 g/mol. The van der Waals surface area contributed by atoms with E-state index in [1.54, 1.807) is 37.4 Å². The zero-order valence-electron chi connectivity index (χ0n) is 12.7. The fraction of sp³-hybridized carbons (Fsp3) is 0.200. The van der Waals surface area contributed by atoms with Gasteiger partial charge < -0.3 is 10.4 Å². The van der Waals surface area contributed by atoms with Gasteiger partial charge in [0.05, 0.1) is 17.2 Å². The summed E-state index contributed by atoms with van der Waals surface area (Å²) in [5, 5.41) is 12.7. The minimum Gasteiger partial charge on any atom is -0.390 e. The number of nitrogens with one attached hydrogen (secondary N) is 1. The molecule has 0 saturated heterocycles. The lowest BCUT2D eigenvalue weighted by atomic mass is 10.2. The van der Waals surface area contributed by atoms with Crippen molar-refractivity contribution in [1.82, 2.24) is 13.9 Å². The molecule has 3 rings (SSSR count). The van der Waals surface area contributed by atoms with Crippen molar-refractivity contribution in [2.24, 2.45) is 0 Å². The quantitative estimate of drug-likeness (QED) is 0.752. The molecule has 7 nitrogen and oxygen atoms in total. The van der Waals surface area contributed by atoms with Crippen LogP contribution in [0.1, 0.15) is 11.3 Å². The highest BCUT2D eigenvalue weighted by molar-refractivity contribution is 7.90. The first-order valence-corrected chi connectivity index (χ1v) is 8.40. The van der Waals surface area contributed by atoms with Gasteiger partial charge in [0, 0.05) is 18.6 Å². The first kappa shape index (κ1) is 15.4. The number of fused-ring (bicyclic) bond motifs is 1. The Morgan fingerprint density at radius 3 is 2.48 bits per heavy atom. The highest BCUT2D eigenvalue weighted by Gasteiger charge is 2.21. The predicted molar refractivity (Wildman–Crippen MR) is 86.8 cm³/mol. The molecule has 0 aliphatic rings. The molecular formula is C15H16N4O3S. The van der Waals surface area contributed by atoms with Crippen LogP contribution in [0.4, 0.5) is 5.95 Å². The summed E-state index contributed by atoms with van der Waals surface area (Å²) in [5.41, 5.74) is 1.58. The molecule has 120 valence electrons. The van der Waals surface area contributed by atoms with E-state index in [0.717, 1.165) is 9.54 Å². The number of aryl methyl sites for hydroxylation is 1. The number of anilines is 1. The summed E-state index contributed by atoms with van der Waals surface area (Å²) in [6.07, 6.45) is 1.42. The molecule has 2 heterocycles. The van der Waals surface area contributed by atoms with E-state index < -0.39 is 10.0 Å². The minimum atomic E-state index is -3.77. The summed E-state index contributed by atoms with van der Waals surface area (Å²) in [5.74, 6) is 0.251. The van der Waals surface area contributed by atoms with E-state index in [-0.39, 0.29) is 23.1 Å². The number of aliphatic hydroxyl groups excluding tert-OH is 1. The molecule has 0 radical (unpaired) electrons. The molecule has 2 aromatic heterocycles. The zero-order chi connectivity index (χ0) is 16.6. The Labute approximate surface area is 133 Å². The van der Waals surface area contributed by atoms with Crippen LogP contribution in [-0.4, -0.2) is 34.5 Å². The molecule has 1 aromatic carbocycles. The minimum absolute atomic E-state index is 0.177. The molecule has 23 heavy (non-hydrogen) atoms. The monoisotopic (exact) mass is 332 g/mol. The second-order valence-electron chi connectivity index (χ2n) is 5.07. The van der Waals surface area contributed by atoms with Gasteiger partial charge in [0.1, 0.15) is 0 Å². The standard InChI is InChI=1S/C15H16N4O3S/c1-10-3-5-11(6-4-10)23(21,22)19-8-7-12-13(9-20)17-15(16-2)18-14(12)19/h3-8,20H,9H2,1-2H3,(H,16,17,18). The maximum atomic E-state index is 12.8. The molecule has 8 heteroatoms. The van der Waals surface area contributed by atoms with Crippen molar-refractivity contribution in [3.8, 4) is 0 Å². The van der Waals surface area contributed by atoms with Crippen molar-refractivity contribution in [1.29, 1.82) is 0 Å². The van der Waals surface area contributed by atoms with E-state index in [9.17, 15) is 13.5 Å². The second kappa shape index (κ2) is 5.64. The SMILES string of the molecule is CNc1nc(CO)c2ccn(S(=O)(=O)c3ccc(C)cc3)c2n1. The average molecular weight is 332 g/mol. The number of nitrogens with zero attached hydrogens (tertiary/aromatic N) is 3. The maximum Gasteiger partial charge on any atom is 0.269 e. The second-order valence-corrected chi connectivity index (χ2v) is 6.88. The Bertz CT molecular complexity index is 962. The molecule has 0 bridgehead atoms. The van der Waals surface area contributed by atoms with Gasteiger partial charge in [-0.3, -0.25) is 0 Å². The third-order valence-corrected chi connectivity index (χ3v) is 5.22. The fourth-order valence-corrected chi connectivity index (χ4v) is 3.60. The predicted octanol–water partition coefficient (Wildman–Crippen LogP) is 1.51. The van der Waals surface area contributed by atoms with Gasteiger partial charge in [-0.1, -0.05) is 17.7 Å². The van der Waals surface area contributed by atoms with Crippen LogP contribution in [0.2, 0.25) is 0 Å². The van der Waals surface area contributed by atoms with Crippen LogP contribution in [0.25, 0.3) is 11.0 Å². The van der Waals surface area contributed by atoms with Crippen LogP contribution in [0.15, 0.2) is 41.4 Å². The number of aromatic nitrogens is 3. The summed E-state index contributed by atoms with van der Waals surface area (Å²) in [4.78, 5) is 8.54. The number of aliphatic hydroxyl groups is 1. The summed E-state index contributed by atoms with van der Waals surface area (Å²) in [6, 6.07) is 8.19. The zero-order valence-corrected chi connectivity index (χ0v) is 13.5. The van der Waals surface area contributed by atoms with Crippen LogP contribution in [0.5, 0.6) is 0 Å². The maximum absolute atomic E-state index is 12.8. The van der Waals surface area contributed by atoms with E-state index in [4.69, 9.17) is 0 Å². The Morgan fingerprint density at radius 2 is 1.87 bits per heavy atom. The molecule has 0 aliphatic carbocycles. The lowest BCUT2D eigenvalue weighted by Gasteiger charge is -2.09. The molecule has 0 aliphatic heterocycles. The van der Waals surface area contributed by atoms with Crippen LogP contribution in [0.3, 0.4) is 0 Å². The molecule has 0 fully saturated rings. The van der Waals surface area contributed by atoms with Gasteiger partial charge in [0.15, 0.2) is 5.65 Å². The van der Waals surface area contributed by atoms with E-state index in [1.807, 2.05) is 6.92 Å². The number of rotatable bonds is 4. The Hall–Kier alpha value is -2.45. The Morgan fingerprint density at radius 1 is 1.17 bits per heavy atom. The Kier molecular flexibility index (Phi) is 3.78. The molecule has 0 spiro atoms. The first-order valence-electron chi connectivity index (χ1n) is 6.96. The summed E-state index contributed by atoms with van der Waals surface area (Å²) < 4.78 is 26.8. The highest BCUT2D eigenvalue weighted by atomic mass is 32.2. The molecule has 2 N–H and O–H groups in total. The van der Waals surface area contributed by atoms with Crippen molar-refractivity contribution in [2.75, 3.05) is 12.4 Å². The molecule has 3 aromatic rings. The topological polar surface area (TPSA) is 97.1 Å². The van der Waals surface area contributed by atoms with Crippen molar-refractivity contribution < 1.29 is 13.5 Å². The molecule has 0 amide bonds. The van der Waals surface area contributed by atoms with E-state index in [2.05, 4.69) is 15.3 Å². The summed E-state index contributed by atoms with van der Waals surface area (Å²) in [6.45, 7) is 1.59. The van der Waals surface area contributed by atoms with Crippen molar-refractivity contribution in [3.63, 3.8) is 0 Å². The van der Waals surface area contributed by atoms with E-state index in [1.165, 1.54) is 6.20 Å². The normalized spacial score (nSPS) is 11.8. The summed E-state index contributed by atoms with van der Waals surface area (Å²) in [7, 11) is -2.14. The van der Waals surface area contributed by atoms with Gasteiger partial charge in [-0.2, -0.15) is 4.98 Å². The lowest BCUT2D eigenvalue weighted by Crippen LogP contribution is -2.13. The largest absolute Gasteiger partial charge is 0.390 e. The molecule has 0 unspecified atom stereocenters. The summed E-state index contributed by atoms with van der Waals surface area (Å²) >= 11 is 0. The number of benzene rings is 1. The fourth-order valence-electron chi connectivity index (χ4n) is 2.30.